The second kappa shape index (κ2) is 6.96. The van der Waals surface area contributed by atoms with Crippen molar-refractivity contribution in [2.24, 2.45) is 0 Å². The van der Waals surface area contributed by atoms with Crippen LogP contribution in [0, 0.1) is 0 Å². The maximum absolute atomic E-state index is 13.1. The monoisotopic (exact) mass is 356 g/mol. The molecule has 0 saturated carbocycles. The van der Waals surface area contributed by atoms with Crippen molar-refractivity contribution < 1.29 is 33.0 Å². The summed E-state index contributed by atoms with van der Waals surface area (Å²) < 4.78 is 39.3. The first-order chi connectivity index (χ1) is 11.2. The van der Waals surface area contributed by atoms with E-state index < -0.39 is 30.1 Å². The highest BCUT2D eigenvalue weighted by Gasteiger charge is 2.34. The quantitative estimate of drug-likeness (QED) is 0.841. The van der Waals surface area contributed by atoms with Gasteiger partial charge in [-0.15, -0.1) is 0 Å². The first-order valence-corrected chi connectivity index (χ1v) is 7.41. The number of carboxylic acids is 2. The molecule has 24 heavy (non-hydrogen) atoms. The SMILES string of the molecule is O=C(O)Cc1ccc(Sc2ccc(C(=O)O)cc2)cc1C(F)(F)F. The minimum absolute atomic E-state index is 0.0761. The topological polar surface area (TPSA) is 74.6 Å². The Bertz CT molecular complexity index is 770. The third-order valence-electron chi connectivity index (χ3n) is 3.07. The Hall–Kier alpha value is -2.48. The summed E-state index contributed by atoms with van der Waals surface area (Å²) in [5.41, 5.74) is -1.22. The molecule has 0 aliphatic heterocycles. The molecule has 0 aliphatic rings. The van der Waals surface area contributed by atoms with Gasteiger partial charge < -0.3 is 10.2 Å². The second-order valence-electron chi connectivity index (χ2n) is 4.82. The van der Waals surface area contributed by atoms with Gasteiger partial charge in [0.05, 0.1) is 17.5 Å². The standard InChI is InChI=1S/C16H11F3O4S/c17-16(18,19)13-8-12(6-3-10(13)7-14(20)21)24-11-4-1-9(2-5-11)15(22)23/h1-6,8H,7H2,(H,20,21)(H,22,23). The van der Waals surface area contributed by atoms with Crippen LogP contribution in [0.5, 0.6) is 0 Å². The predicted octanol–water partition coefficient (Wildman–Crippen LogP) is 4.18. The lowest BCUT2D eigenvalue weighted by Gasteiger charge is -2.13. The highest BCUT2D eigenvalue weighted by atomic mass is 32.2. The summed E-state index contributed by atoms with van der Waals surface area (Å²) in [6, 6.07) is 9.14. The Balaban J connectivity index is 2.30. The van der Waals surface area contributed by atoms with Gasteiger partial charge in [0.2, 0.25) is 0 Å². The van der Waals surface area contributed by atoms with Crippen LogP contribution in [0.3, 0.4) is 0 Å². The van der Waals surface area contributed by atoms with Crippen molar-refractivity contribution in [3.8, 4) is 0 Å². The summed E-state index contributed by atoms with van der Waals surface area (Å²) in [5.74, 6) is -2.44. The van der Waals surface area contributed by atoms with Crippen LogP contribution in [-0.2, 0) is 17.4 Å². The molecule has 2 aromatic rings. The van der Waals surface area contributed by atoms with Crippen LogP contribution in [0.25, 0.3) is 0 Å². The molecule has 0 bridgehead atoms. The maximum Gasteiger partial charge on any atom is 0.416 e. The summed E-state index contributed by atoms with van der Waals surface area (Å²) in [6.07, 6.45) is -5.37. The third kappa shape index (κ3) is 4.51. The molecular formula is C16H11F3O4S. The zero-order valence-corrected chi connectivity index (χ0v) is 12.8. The molecule has 2 aromatic carbocycles. The van der Waals surface area contributed by atoms with Crippen molar-refractivity contribution in [3.05, 3.63) is 59.2 Å². The number of carbonyl (C=O) groups is 2. The first kappa shape index (κ1) is 17.9. The summed E-state index contributed by atoms with van der Waals surface area (Å²) in [6.45, 7) is 0. The van der Waals surface area contributed by atoms with E-state index >= 15 is 0 Å². The minimum atomic E-state index is -4.66. The highest BCUT2D eigenvalue weighted by Crippen LogP contribution is 2.37. The molecule has 126 valence electrons. The Morgan fingerprint density at radius 1 is 0.958 bits per heavy atom. The molecule has 0 radical (unpaired) electrons. The van der Waals surface area contributed by atoms with Gasteiger partial charge in [-0.25, -0.2) is 4.79 Å². The lowest BCUT2D eigenvalue weighted by molar-refractivity contribution is -0.139. The number of benzene rings is 2. The zero-order valence-electron chi connectivity index (χ0n) is 12.0. The largest absolute Gasteiger partial charge is 0.481 e. The number of aliphatic carboxylic acids is 1. The fraction of sp³-hybridized carbons (Fsp3) is 0.125. The van der Waals surface area contributed by atoms with Crippen LogP contribution < -0.4 is 0 Å². The van der Waals surface area contributed by atoms with Gasteiger partial charge in [-0.3, -0.25) is 4.79 Å². The second-order valence-corrected chi connectivity index (χ2v) is 5.97. The van der Waals surface area contributed by atoms with E-state index in [0.717, 1.165) is 23.9 Å². The third-order valence-corrected chi connectivity index (χ3v) is 4.06. The molecule has 4 nitrogen and oxygen atoms in total. The van der Waals surface area contributed by atoms with E-state index in [4.69, 9.17) is 10.2 Å². The van der Waals surface area contributed by atoms with Crippen LogP contribution in [0.15, 0.2) is 52.3 Å². The molecule has 2 rings (SSSR count). The Labute approximate surface area is 138 Å². The average Bonchev–Trinajstić information content (AvgIpc) is 2.47. The number of aromatic carboxylic acids is 1. The van der Waals surface area contributed by atoms with Gasteiger partial charge >= 0.3 is 18.1 Å². The zero-order chi connectivity index (χ0) is 17.9. The first-order valence-electron chi connectivity index (χ1n) is 6.60. The van der Waals surface area contributed by atoms with Gasteiger partial charge in [-0.05, 0) is 42.0 Å². The molecule has 0 unspecified atom stereocenters. The molecule has 0 atom stereocenters. The van der Waals surface area contributed by atoms with Crippen LogP contribution in [0.4, 0.5) is 13.2 Å². The molecule has 0 aromatic heterocycles. The molecule has 2 N–H and O–H groups in total. The molecule has 0 aliphatic carbocycles. The van der Waals surface area contributed by atoms with E-state index in [-0.39, 0.29) is 16.0 Å². The molecule has 0 spiro atoms. The Kier molecular flexibility index (Phi) is 5.18. The highest BCUT2D eigenvalue weighted by molar-refractivity contribution is 7.99. The van der Waals surface area contributed by atoms with Gasteiger partial charge in [0.1, 0.15) is 0 Å². The maximum atomic E-state index is 13.1. The van der Waals surface area contributed by atoms with Gasteiger partial charge in [0.25, 0.3) is 0 Å². The van der Waals surface area contributed by atoms with Crippen molar-refractivity contribution >= 4 is 23.7 Å². The number of rotatable bonds is 5. The summed E-state index contributed by atoms with van der Waals surface area (Å²) in [7, 11) is 0. The van der Waals surface area contributed by atoms with Gasteiger partial charge in [-0.1, -0.05) is 17.8 Å². The van der Waals surface area contributed by atoms with E-state index in [0.29, 0.717) is 4.90 Å². The van der Waals surface area contributed by atoms with E-state index in [1.807, 2.05) is 0 Å². The fourth-order valence-corrected chi connectivity index (χ4v) is 2.86. The lowest BCUT2D eigenvalue weighted by atomic mass is 10.0. The van der Waals surface area contributed by atoms with E-state index in [2.05, 4.69) is 0 Å². The normalized spacial score (nSPS) is 11.3. The minimum Gasteiger partial charge on any atom is -0.481 e. The molecule has 8 heteroatoms. The number of hydrogen-bond donors (Lipinski definition) is 2. The van der Waals surface area contributed by atoms with Crippen molar-refractivity contribution in [1.29, 1.82) is 0 Å². The predicted molar refractivity (Wildman–Crippen MR) is 80.3 cm³/mol. The smallest absolute Gasteiger partial charge is 0.416 e. The number of alkyl halides is 3. The van der Waals surface area contributed by atoms with Crippen molar-refractivity contribution in [2.75, 3.05) is 0 Å². The van der Waals surface area contributed by atoms with E-state index in [1.54, 1.807) is 0 Å². The van der Waals surface area contributed by atoms with Crippen LogP contribution in [0.1, 0.15) is 21.5 Å². The van der Waals surface area contributed by atoms with Crippen LogP contribution in [0.2, 0.25) is 0 Å². The summed E-state index contributed by atoms with van der Waals surface area (Å²) >= 11 is 1.03. The van der Waals surface area contributed by atoms with E-state index in [9.17, 15) is 22.8 Å². The van der Waals surface area contributed by atoms with Crippen molar-refractivity contribution in [1.82, 2.24) is 0 Å². The Morgan fingerprint density at radius 3 is 2.04 bits per heavy atom. The summed E-state index contributed by atoms with van der Waals surface area (Å²) in [4.78, 5) is 22.3. The molecular weight excluding hydrogens is 345 g/mol. The Morgan fingerprint density at radius 2 is 1.54 bits per heavy atom. The van der Waals surface area contributed by atoms with Gasteiger partial charge in [0, 0.05) is 9.79 Å². The molecule has 0 heterocycles. The molecule has 0 fully saturated rings. The lowest BCUT2D eigenvalue weighted by Crippen LogP contribution is -2.12. The molecule has 0 amide bonds. The van der Waals surface area contributed by atoms with Crippen LogP contribution in [-0.4, -0.2) is 22.2 Å². The number of halogens is 3. The fourth-order valence-electron chi connectivity index (χ4n) is 2.00. The number of hydrogen-bond acceptors (Lipinski definition) is 3. The number of carboxylic acid groups (broad SMARTS) is 2. The van der Waals surface area contributed by atoms with Gasteiger partial charge in [-0.2, -0.15) is 13.2 Å². The average molecular weight is 356 g/mol. The van der Waals surface area contributed by atoms with Gasteiger partial charge in [0.15, 0.2) is 0 Å². The van der Waals surface area contributed by atoms with E-state index in [1.165, 1.54) is 30.3 Å². The van der Waals surface area contributed by atoms with Crippen LogP contribution >= 0.6 is 11.8 Å². The van der Waals surface area contributed by atoms with Crippen molar-refractivity contribution in [2.45, 2.75) is 22.4 Å². The van der Waals surface area contributed by atoms with Crippen molar-refractivity contribution in [3.63, 3.8) is 0 Å². The summed E-state index contributed by atoms with van der Waals surface area (Å²) in [5, 5.41) is 17.5. The molecule has 0 saturated heterocycles.